The molecule has 5 rings (SSSR count). The highest BCUT2D eigenvalue weighted by molar-refractivity contribution is 5.99. The van der Waals surface area contributed by atoms with Crippen LogP contribution in [-0.4, -0.2) is 31.0 Å². The number of nitrogen functional groups attached to an aromatic ring is 2. The molecule has 38 heavy (non-hydrogen) atoms. The van der Waals surface area contributed by atoms with Crippen LogP contribution in [0.2, 0.25) is 0 Å². The highest BCUT2D eigenvalue weighted by Crippen LogP contribution is 2.27. The number of hydrogen-bond donors (Lipinski definition) is 3. The summed E-state index contributed by atoms with van der Waals surface area (Å²) in [5.74, 6) is -0.0982. The van der Waals surface area contributed by atoms with Crippen LogP contribution in [0, 0.1) is 40.6 Å². The van der Waals surface area contributed by atoms with E-state index < -0.39 is 0 Å². The van der Waals surface area contributed by atoms with Crippen LogP contribution in [0.15, 0.2) is 61.7 Å². The molecule has 184 valence electrons. The molecule has 4 aromatic rings. The van der Waals surface area contributed by atoms with Crippen molar-refractivity contribution in [3.8, 4) is 18.2 Å². The minimum absolute atomic E-state index is 0.0982. The highest BCUT2D eigenvalue weighted by atomic mass is 16.2. The van der Waals surface area contributed by atoms with Crippen molar-refractivity contribution in [3.05, 3.63) is 95.4 Å². The number of nitrogens with one attached hydrogen (secondary N) is 1. The van der Waals surface area contributed by atoms with Crippen LogP contribution in [-0.2, 0) is 11.2 Å². The molecule has 3 heterocycles. The molecule has 0 spiro atoms. The van der Waals surface area contributed by atoms with Gasteiger partial charge in [-0.2, -0.15) is 15.8 Å². The van der Waals surface area contributed by atoms with Crippen LogP contribution in [0.25, 0.3) is 4.85 Å². The van der Waals surface area contributed by atoms with Crippen molar-refractivity contribution >= 4 is 34.7 Å². The third-order valence-corrected chi connectivity index (χ3v) is 5.00. The van der Waals surface area contributed by atoms with E-state index in [-0.39, 0.29) is 29.6 Å². The number of anilines is 3. The summed E-state index contributed by atoms with van der Waals surface area (Å²) >= 11 is 0. The largest absolute Gasteiger partial charge is 0.398 e. The number of nitriles is 3. The summed E-state index contributed by atoms with van der Waals surface area (Å²) in [7, 11) is 0. The molecule has 13 nitrogen and oxygen atoms in total. The normalized spacial score (nSPS) is 10.5. The van der Waals surface area contributed by atoms with Crippen LogP contribution < -0.4 is 16.8 Å². The maximum atomic E-state index is 11.4. The van der Waals surface area contributed by atoms with Gasteiger partial charge in [0.15, 0.2) is 0 Å². The van der Waals surface area contributed by atoms with Gasteiger partial charge in [0.1, 0.15) is 24.8 Å². The molecule has 0 saturated carbocycles. The first-order chi connectivity index (χ1) is 18.3. The molecule has 2 aromatic carbocycles. The molecule has 0 bridgehead atoms. The van der Waals surface area contributed by atoms with Gasteiger partial charge in [0.05, 0.1) is 41.4 Å². The van der Waals surface area contributed by atoms with Gasteiger partial charge in [-0.25, -0.2) is 19.6 Å². The van der Waals surface area contributed by atoms with Crippen molar-refractivity contribution in [3.63, 3.8) is 0 Å². The lowest BCUT2D eigenvalue weighted by atomic mass is 10.0. The molecular weight excluding hydrogens is 486 g/mol. The Kier molecular flexibility index (Phi) is 8.13. The third kappa shape index (κ3) is 5.97. The lowest BCUT2D eigenvalue weighted by molar-refractivity contribution is -0.115. The third-order valence-electron chi connectivity index (χ3n) is 5.00. The Morgan fingerprint density at radius 1 is 0.921 bits per heavy atom. The summed E-state index contributed by atoms with van der Waals surface area (Å²) in [4.78, 5) is 33.1. The van der Waals surface area contributed by atoms with E-state index in [0.29, 0.717) is 28.2 Å². The van der Waals surface area contributed by atoms with Crippen LogP contribution in [0.3, 0.4) is 0 Å². The Hall–Kier alpha value is -6.44. The summed E-state index contributed by atoms with van der Waals surface area (Å²) in [6, 6.07) is 11.5. The van der Waals surface area contributed by atoms with Gasteiger partial charge in [0, 0.05) is 36.2 Å². The summed E-state index contributed by atoms with van der Waals surface area (Å²) in [5, 5.41) is 28.7. The second-order valence-corrected chi connectivity index (χ2v) is 7.45. The Bertz CT molecular complexity index is 1540. The van der Waals surface area contributed by atoms with Gasteiger partial charge in [-0.15, -0.1) is 0 Å². The maximum Gasteiger partial charge on any atom is 0.338 e. The van der Waals surface area contributed by atoms with Crippen molar-refractivity contribution < 1.29 is 9.59 Å². The number of benzene rings is 2. The van der Waals surface area contributed by atoms with Gasteiger partial charge < -0.3 is 16.8 Å². The van der Waals surface area contributed by atoms with E-state index in [4.69, 9.17) is 33.8 Å². The zero-order chi connectivity index (χ0) is 27.7. The zero-order valence-corrected chi connectivity index (χ0v) is 19.5. The number of nitrogens with two attached hydrogens (primary N) is 2. The second kappa shape index (κ2) is 11.8. The molecule has 0 aliphatic carbocycles. The smallest absolute Gasteiger partial charge is 0.338 e. The number of aromatic nitrogens is 4. The monoisotopic (exact) mass is 503 g/mol. The molecule has 1 amide bonds. The summed E-state index contributed by atoms with van der Waals surface area (Å²) in [6.07, 6.45) is 9.45. The van der Waals surface area contributed by atoms with Gasteiger partial charge >= 0.3 is 6.03 Å². The number of carbonyl (C=O) groups is 2. The SMILES string of the molecule is N#Cc1cc2c(cc1C#N)NC(=O)C2.O=C(n1ccnc1)n1ccnc1.[C-]#[N+]c1cc(N)c(N)cc1C#N. The van der Waals surface area contributed by atoms with Gasteiger partial charge in [-0.3, -0.25) is 13.9 Å². The van der Waals surface area contributed by atoms with Crippen LogP contribution >= 0.6 is 0 Å². The summed E-state index contributed by atoms with van der Waals surface area (Å²) in [6.45, 7) is 6.73. The lowest BCUT2D eigenvalue weighted by Crippen LogP contribution is -2.15. The first-order valence-electron chi connectivity index (χ1n) is 10.5. The minimum Gasteiger partial charge on any atom is -0.398 e. The average Bonchev–Trinajstić information content (AvgIpc) is 3.71. The summed E-state index contributed by atoms with van der Waals surface area (Å²) < 4.78 is 2.75. The Morgan fingerprint density at radius 2 is 1.47 bits per heavy atom. The fourth-order valence-corrected chi connectivity index (χ4v) is 3.14. The molecule has 1 aliphatic heterocycles. The van der Waals surface area contributed by atoms with E-state index in [1.54, 1.807) is 36.9 Å². The fourth-order valence-electron chi connectivity index (χ4n) is 3.14. The quantitative estimate of drug-likeness (QED) is 0.237. The number of hydrogen-bond acceptors (Lipinski definition) is 9. The van der Waals surface area contributed by atoms with Gasteiger partial charge in [-0.1, -0.05) is 0 Å². The Morgan fingerprint density at radius 3 is 1.97 bits per heavy atom. The second-order valence-electron chi connectivity index (χ2n) is 7.45. The van der Waals surface area contributed by atoms with E-state index in [2.05, 4.69) is 20.1 Å². The molecule has 0 unspecified atom stereocenters. The molecule has 1 aliphatic rings. The van der Waals surface area contributed by atoms with Crippen LogP contribution in [0.4, 0.5) is 27.5 Å². The summed E-state index contributed by atoms with van der Waals surface area (Å²) in [5.41, 5.74) is 14.1. The molecule has 2 aromatic heterocycles. The predicted molar refractivity (Wildman–Crippen MR) is 135 cm³/mol. The first kappa shape index (κ1) is 26.2. The predicted octanol–water partition coefficient (Wildman–Crippen LogP) is 2.79. The van der Waals surface area contributed by atoms with Crippen molar-refractivity contribution in [2.45, 2.75) is 6.42 Å². The molecular formula is C25H17N11O2. The fraction of sp³-hybridized carbons (Fsp3) is 0.0400. The van der Waals surface area contributed by atoms with Crippen molar-refractivity contribution in [1.29, 1.82) is 15.8 Å². The van der Waals surface area contributed by atoms with E-state index in [9.17, 15) is 9.59 Å². The van der Waals surface area contributed by atoms with E-state index in [1.165, 1.54) is 33.9 Å². The number of amides is 1. The average molecular weight is 503 g/mol. The van der Waals surface area contributed by atoms with E-state index in [0.717, 1.165) is 5.56 Å². The minimum atomic E-state index is -0.190. The van der Waals surface area contributed by atoms with Gasteiger partial charge in [0.2, 0.25) is 11.6 Å². The Labute approximate surface area is 216 Å². The number of rotatable bonds is 0. The van der Waals surface area contributed by atoms with Gasteiger partial charge in [-0.05, 0) is 29.8 Å². The van der Waals surface area contributed by atoms with Crippen LogP contribution in [0.5, 0.6) is 0 Å². The number of imidazole rings is 2. The highest BCUT2D eigenvalue weighted by Gasteiger charge is 2.19. The van der Waals surface area contributed by atoms with Crippen molar-refractivity contribution in [1.82, 2.24) is 19.1 Å². The number of fused-ring (bicyclic) bond motifs is 1. The standard InChI is InChI=1S/C10H5N3O.C8H6N4.C7H6N4O/c11-4-7-1-6-3-10(14)13-9(6)2-8(7)5-12;1-12-8-3-7(11)6(10)2-5(8)4-9;12-7(10-3-1-8-5-10)11-4-2-9-6-11/h1-2H,3H2,(H,13,14);2-3H,10-11H2;1-6H. The van der Waals surface area contributed by atoms with Crippen molar-refractivity contribution in [2.24, 2.45) is 0 Å². The molecule has 0 saturated heterocycles. The lowest BCUT2D eigenvalue weighted by Gasteiger charge is -2.00. The van der Waals surface area contributed by atoms with Crippen LogP contribution in [0.1, 0.15) is 22.3 Å². The van der Waals surface area contributed by atoms with Gasteiger partial charge in [0.25, 0.3) is 0 Å². The Balaban J connectivity index is 0.000000159. The molecule has 0 atom stereocenters. The van der Waals surface area contributed by atoms with E-state index >= 15 is 0 Å². The first-order valence-corrected chi connectivity index (χ1v) is 10.5. The topological polar surface area (TPSA) is 210 Å². The van der Waals surface area contributed by atoms with Crippen molar-refractivity contribution in [2.75, 3.05) is 16.8 Å². The number of nitrogens with zero attached hydrogens (tertiary/aromatic N) is 8. The number of carbonyl (C=O) groups excluding carboxylic acids is 2. The molecule has 0 fully saturated rings. The zero-order valence-electron chi connectivity index (χ0n) is 19.5. The maximum absolute atomic E-state index is 11.4. The van der Waals surface area contributed by atoms with E-state index in [1.807, 2.05) is 18.2 Å². The molecule has 5 N–H and O–H groups in total. The molecule has 0 radical (unpaired) electrons. The molecule has 13 heteroatoms.